The van der Waals surface area contributed by atoms with Gasteiger partial charge in [0.05, 0.1) is 16.7 Å². The summed E-state index contributed by atoms with van der Waals surface area (Å²) < 4.78 is 8.86. The molecular weight excluding hydrogens is 853 g/mol. The standard InChI is InChI=1S/C65H40N4O/c1-3-13-41(14-4-1)43-23-27-46(28-24-43)63-66-64(47-29-25-44(26-30-47)42-15-5-2-6-16-42)68-65(67-63)51-32-35-58(55(39-51)50-33-36-61-57(38-50)53-21-11-12-22-60(53)70-61)69-59-40-49-19-8-7-18-48(49)37-56(59)54-34-31-45-17-9-10-20-52(45)62(54)69/h1-40H. The quantitative estimate of drug-likeness (QED) is 0.160. The van der Waals surface area contributed by atoms with Crippen LogP contribution in [0.3, 0.4) is 0 Å². The van der Waals surface area contributed by atoms with Crippen LogP contribution in [0.2, 0.25) is 0 Å². The van der Waals surface area contributed by atoms with Gasteiger partial charge in [0.15, 0.2) is 17.5 Å². The van der Waals surface area contributed by atoms with Gasteiger partial charge in [-0.25, -0.2) is 15.0 Å². The summed E-state index contributed by atoms with van der Waals surface area (Å²) in [6, 6.07) is 86.0. The lowest BCUT2D eigenvalue weighted by molar-refractivity contribution is 0.669. The zero-order valence-corrected chi connectivity index (χ0v) is 37.8. The molecular formula is C65H40N4O. The predicted molar refractivity (Wildman–Crippen MR) is 289 cm³/mol. The van der Waals surface area contributed by atoms with Crippen molar-refractivity contribution in [3.8, 4) is 73.2 Å². The Morgan fingerprint density at radius 2 is 0.786 bits per heavy atom. The van der Waals surface area contributed by atoms with Gasteiger partial charge >= 0.3 is 0 Å². The maximum Gasteiger partial charge on any atom is 0.164 e. The van der Waals surface area contributed by atoms with E-state index in [1.54, 1.807) is 0 Å². The molecule has 3 aromatic heterocycles. The zero-order chi connectivity index (χ0) is 46.1. The molecule has 0 saturated heterocycles. The minimum Gasteiger partial charge on any atom is -0.456 e. The second kappa shape index (κ2) is 16.1. The number of rotatable bonds is 7. The first-order chi connectivity index (χ1) is 34.7. The number of benzene rings is 11. The molecule has 0 fully saturated rings. The molecule has 326 valence electrons. The van der Waals surface area contributed by atoms with Gasteiger partial charge in [0.25, 0.3) is 0 Å². The van der Waals surface area contributed by atoms with Crippen LogP contribution in [0.4, 0.5) is 0 Å². The van der Waals surface area contributed by atoms with Crippen molar-refractivity contribution in [2.24, 2.45) is 0 Å². The highest BCUT2D eigenvalue weighted by molar-refractivity contribution is 6.21. The number of para-hydroxylation sites is 1. The van der Waals surface area contributed by atoms with E-state index >= 15 is 0 Å². The monoisotopic (exact) mass is 892 g/mol. The van der Waals surface area contributed by atoms with Crippen LogP contribution < -0.4 is 0 Å². The van der Waals surface area contributed by atoms with E-state index in [0.717, 1.165) is 88.7 Å². The highest BCUT2D eigenvalue weighted by atomic mass is 16.3. The Bertz CT molecular complexity index is 4220. The van der Waals surface area contributed by atoms with Crippen molar-refractivity contribution in [3.05, 3.63) is 243 Å². The third-order valence-electron chi connectivity index (χ3n) is 13.8. The van der Waals surface area contributed by atoms with Gasteiger partial charge in [-0.3, -0.25) is 0 Å². The normalized spacial score (nSPS) is 11.7. The summed E-state index contributed by atoms with van der Waals surface area (Å²) in [7, 11) is 0. The van der Waals surface area contributed by atoms with Crippen LogP contribution in [0.25, 0.3) is 139 Å². The van der Waals surface area contributed by atoms with E-state index in [-0.39, 0.29) is 0 Å². The summed E-state index contributed by atoms with van der Waals surface area (Å²) in [5.41, 5.74) is 14.4. The van der Waals surface area contributed by atoms with E-state index < -0.39 is 0 Å². The molecule has 5 heteroatoms. The minimum absolute atomic E-state index is 0.584. The van der Waals surface area contributed by atoms with Gasteiger partial charge in [-0.2, -0.15) is 0 Å². The van der Waals surface area contributed by atoms with Gasteiger partial charge in [0.1, 0.15) is 11.2 Å². The van der Waals surface area contributed by atoms with Crippen molar-refractivity contribution in [3.63, 3.8) is 0 Å². The molecule has 70 heavy (non-hydrogen) atoms. The fourth-order valence-corrected chi connectivity index (χ4v) is 10.4. The molecule has 14 rings (SSSR count). The van der Waals surface area contributed by atoms with E-state index in [9.17, 15) is 0 Å². The Labute approximate surface area is 403 Å². The molecule has 0 unspecified atom stereocenters. The second-order valence-corrected chi connectivity index (χ2v) is 18.0. The Balaban J connectivity index is 1.02. The summed E-state index contributed by atoms with van der Waals surface area (Å²) in [6.07, 6.45) is 0. The minimum atomic E-state index is 0.584. The van der Waals surface area contributed by atoms with E-state index in [1.807, 2.05) is 24.3 Å². The van der Waals surface area contributed by atoms with Crippen LogP contribution in [-0.4, -0.2) is 19.5 Å². The van der Waals surface area contributed by atoms with Crippen LogP contribution >= 0.6 is 0 Å². The Kier molecular flexibility index (Phi) is 9.14. The highest BCUT2D eigenvalue weighted by Crippen LogP contribution is 2.43. The average molecular weight is 893 g/mol. The molecule has 0 amide bonds. The smallest absolute Gasteiger partial charge is 0.164 e. The lowest BCUT2D eigenvalue weighted by atomic mass is 9.98. The van der Waals surface area contributed by atoms with Crippen molar-refractivity contribution in [1.82, 2.24) is 19.5 Å². The molecule has 0 radical (unpaired) electrons. The van der Waals surface area contributed by atoms with Crippen molar-refractivity contribution >= 4 is 65.3 Å². The van der Waals surface area contributed by atoms with Gasteiger partial charge < -0.3 is 8.98 Å². The van der Waals surface area contributed by atoms with Crippen LogP contribution in [0.1, 0.15) is 0 Å². The van der Waals surface area contributed by atoms with Gasteiger partial charge in [0.2, 0.25) is 0 Å². The summed E-state index contributed by atoms with van der Waals surface area (Å²) in [5, 5.41) is 9.32. The lowest BCUT2D eigenvalue weighted by Crippen LogP contribution is -2.02. The first-order valence-corrected chi connectivity index (χ1v) is 23.7. The van der Waals surface area contributed by atoms with Crippen LogP contribution in [0, 0.1) is 0 Å². The zero-order valence-electron chi connectivity index (χ0n) is 37.8. The first kappa shape index (κ1) is 39.7. The van der Waals surface area contributed by atoms with E-state index in [4.69, 9.17) is 19.4 Å². The van der Waals surface area contributed by atoms with Gasteiger partial charge in [0, 0.05) is 49.2 Å². The Morgan fingerprint density at radius 3 is 1.46 bits per heavy atom. The molecule has 0 aliphatic carbocycles. The third-order valence-corrected chi connectivity index (χ3v) is 13.8. The molecule has 0 N–H and O–H groups in total. The predicted octanol–water partition coefficient (Wildman–Crippen LogP) is 17.2. The maximum absolute atomic E-state index is 6.39. The lowest BCUT2D eigenvalue weighted by Gasteiger charge is -2.17. The van der Waals surface area contributed by atoms with Gasteiger partial charge in [-0.05, 0) is 92.5 Å². The van der Waals surface area contributed by atoms with Crippen molar-refractivity contribution in [2.45, 2.75) is 0 Å². The van der Waals surface area contributed by atoms with Crippen LogP contribution in [-0.2, 0) is 0 Å². The molecule has 5 nitrogen and oxygen atoms in total. The molecule has 0 saturated carbocycles. The average Bonchev–Trinajstić information content (AvgIpc) is 3.98. The summed E-state index contributed by atoms with van der Waals surface area (Å²) in [5.74, 6) is 1.79. The summed E-state index contributed by atoms with van der Waals surface area (Å²) in [6.45, 7) is 0. The van der Waals surface area contributed by atoms with Gasteiger partial charge in [-0.1, -0.05) is 194 Å². The molecule has 11 aromatic carbocycles. The Morgan fingerprint density at radius 1 is 0.286 bits per heavy atom. The third kappa shape index (κ3) is 6.67. The van der Waals surface area contributed by atoms with E-state index in [1.165, 1.54) is 32.3 Å². The van der Waals surface area contributed by atoms with Crippen LogP contribution in [0.5, 0.6) is 0 Å². The summed E-state index contributed by atoms with van der Waals surface area (Å²) in [4.78, 5) is 15.8. The number of nitrogens with zero attached hydrogens (tertiary/aromatic N) is 4. The largest absolute Gasteiger partial charge is 0.456 e. The number of fused-ring (bicyclic) bond motifs is 9. The molecule has 0 aliphatic rings. The summed E-state index contributed by atoms with van der Waals surface area (Å²) >= 11 is 0. The molecule has 3 heterocycles. The number of aromatic nitrogens is 4. The fraction of sp³-hybridized carbons (Fsp3) is 0. The van der Waals surface area contributed by atoms with Crippen molar-refractivity contribution in [2.75, 3.05) is 0 Å². The molecule has 0 spiro atoms. The van der Waals surface area contributed by atoms with Crippen LogP contribution in [0.15, 0.2) is 247 Å². The Hall–Kier alpha value is -9.45. The number of furan rings is 1. The molecule has 14 aromatic rings. The van der Waals surface area contributed by atoms with Gasteiger partial charge in [-0.15, -0.1) is 0 Å². The maximum atomic E-state index is 6.39. The first-order valence-electron chi connectivity index (χ1n) is 23.7. The highest BCUT2D eigenvalue weighted by Gasteiger charge is 2.22. The molecule has 0 bridgehead atoms. The molecule has 0 aliphatic heterocycles. The second-order valence-electron chi connectivity index (χ2n) is 18.0. The SMILES string of the molecule is c1ccc(-c2ccc(-c3nc(-c4ccc(-c5ccccc5)cc4)nc(-c4ccc(-n5c6cc7ccccc7cc6c6ccc7ccccc7c65)c(-c5ccc6oc7ccccc7c6c5)c4)n3)cc2)cc1. The van der Waals surface area contributed by atoms with Crippen molar-refractivity contribution in [1.29, 1.82) is 0 Å². The van der Waals surface area contributed by atoms with E-state index in [2.05, 4.69) is 223 Å². The topological polar surface area (TPSA) is 56.7 Å². The van der Waals surface area contributed by atoms with Crippen molar-refractivity contribution < 1.29 is 4.42 Å². The van der Waals surface area contributed by atoms with E-state index in [0.29, 0.717) is 17.5 Å². The number of hydrogen-bond donors (Lipinski definition) is 0. The molecule has 0 atom stereocenters. The number of hydrogen-bond acceptors (Lipinski definition) is 4. The fourth-order valence-electron chi connectivity index (χ4n) is 10.4.